The number of rotatable bonds is 2. The van der Waals surface area contributed by atoms with E-state index in [1.165, 1.54) is 22.1 Å². The fourth-order valence-electron chi connectivity index (χ4n) is 2.71. The molecule has 1 aliphatic rings. The van der Waals surface area contributed by atoms with E-state index in [1.807, 2.05) is 0 Å². The summed E-state index contributed by atoms with van der Waals surface area (Å²) in [5.41, 5.74) is -2.00. The van der Waals surface area contributed by atoms with Crippen molar-refractivity contribution in [1.82, 2.24) is 9.80 Å². The third-order valence-corrected chi connectivity index (χ3v) is 4.13. The number of nitrogens with zero attached hydrogens (tertiary/aromatic N) is 2. The number of piperazine rings is 1. The molecule has 0 unspecified atom stereocenters. The lowest BCUT2D eigenvalue weighted by Gasteiger charge is -2.34. The molecular formula is C17H15F4N3O3. The van der Waals surface area contributed by atoms with Gasteiger partial charge >= 0.3 is 12.2 Å². The maximum Gasteiger partial charge on any atom is 0.419 e. The number of hydrogen-bond acceptors (Lipinski definition) is 3. The van der Waals surface area contributed by atoms with Crippen molar-refractivity contribution < 1.29 is 31.6 Å². The molecule has 3 rings (SSSR count). The lowest BCUT2D eigenvalue weighted by Crippen LogP contribution is -2.51. The van der Waals surface area contributed by atoms with Gasteiger partial charge in [-0.3, -0.25) is 4.79 Å². The van der Waals surface area contributed by atoms with Crippen molar-refractivity contribution in [1.29, 1.82) is 0 Å². The molecule has 1 saturated heterocycles. The van der Waals surface area contributed by atoms with Crippen molar-refractivity contribution in [3.8, 4) is 0 Å². The Labute approximate surface area is 151 Å². The van der Waals surface area contributed by atoms with E-state index in [-0.39, 0.29) is 37.8 Å². The number of furan rings is 1. The molecule has 27 heavy (non-hydrogen) atoms. The Morgan fingerprint density at radius 1 is 1.00 bits per heavy atom. The Hall–Kier alpha value is -3.04. The summed E-state index contributed by atoms with van der Waals surface area (Å²) >= 11 is 0. The van der Waals surface area contributed by atoms with Crippen molar-refractivity contribution in [3.05, 3.63) is 53.7 Å². The summed E-state index contributed by atoms with van der Waals surface area (Å²) in [5.74, 6) is -1.67. The maximum absolute atomic E-state index is 14.0. The number of halogens is 4. The monoisotopic (exact) mass is 385 g/mol. The second kappa shape index (κ2) is 7.29. The molecule has 1 fully saturated rings. The number of amides is 3. The second-order valence-corrected chi connectivity index (χ2v) is 5.85. The third kappa shape index (κ3) is 4.04. The van der Waals surface area contributed by atoms with Crippen LogP contribution in [0, 0.1) is 5.82 Å². The minimum Gasteiger partial charge on any atom is -0.459 e. The fraction of sp³-hybridized carbons (Fsp3) is 0.294. The van der Waals surface area contributed by atoms with Crippen molar-refractivity contribution in [3.63, 3.8) is 0 Å². The van der Waals surface area contributed by atoms with Gasteiger partial charge in [-0.15, -0.1) is 0 Å². The van der Waals surface area contributed by atoms with Crippen LogP contribution >= 0.6 is 0 Å². The van der Waals surface area contributed by atoms with Crippen LogP contribution in [0.5, 0.6) is 0 Å². The molecule has 2 aromatic rings. The molecule has 1 N–H and O–H groups in total. The zero-order chi connectivity index (χ0) is 19.6. The van der Waals surface area contributed by atoms with E-state index >= 15 is 0 Å². The fourth-order valence-corrected chi connectivity index (χ4v) is 2.71. The second-order valence-electron chi connectivity index (χ2n) is 5.85. The number of alkyl halides is 3. The predicted octanol–water partition coefficient (Wildman–Crippen LogP) is 3.43. The molecule has 6 nitrogen and oxygen atoms in total. The van der Waals surface area contributed by atoms with E-state index in [4.69, 9.17) is 4.42 Å². The van der Waals surface area contributed by atoms with Gasteiger partial charge < -0.3 is 19.5 Å². The van der Waals surface area contributed by atoms with Gasteiger partial charge in [0.2, 0.25) is 0 Å². The van der Waals surface area contributed by atoms with E-state index in [2.05, 4.69) is 5.32 Å². The predicted molar refractivity (Wildman–Crippen MR) is 86.6 cm³/mol. The minimum atomic E-state index is -4.86. The van der Waals surface area contributed by atoms with Gasteiger partial charge in [0.05, 0.1) is 17.5 Å². The SMILES string of the molecule is O=C(Nc1cccc(C(F)(F)F)c1F)N1CCN(C(=O)c2ccco2)CC1. The Kier molecular flexibility index (Phi) is 5.06. The van der Waals surface area contributed by atoms with Crippen LogP contribution in [0.1, 0.15) is 16.1 Å². The number of nitrogens with one attached hydrogen (secondary N) is 1. The van der Waals surface area contributed by atoms with E-state index in [1.54, 1.807) is 6.07 Å². The number of anilines is 1. The summed E-state index contributed by atoms with van der Waals surface area (Å²) in [4.78, 5) is 27.2. The molecule has 0 atom stereocenters. The summed E-state index contributed by atoms with van der Waals surface area (Å²) in [6.07, 6.45) is -3.48. The smallest absolute Gasteiger partial charge is 0.419 e. The molecule has 0 bridgehead atoms. The van der Waals surface area contributed by atoms with Gasteiger partial charge in [-0.2, -0.15) is 13.2 Å². The molecular weight excluding hydrogens is 370 g/mol. The van der Waals surface area contributed by atoms with Crippen LogP contribution in [0.25, 0.3) is 0 Å². The molecule has 0 aliphatic carbocycles. The van der Waals surface area contributed by atoms with Crippen LogP contribution in [-0.4, -0.2) is 47.9 Å². The number of carbonyl (C=O) groups is 2. The largest absolute Gasteiger partial charge is 0.459 e. The highest BCUT2D eigenvalue weighted by Crippen LogP contribution is 2.33. The van der Waals surface area contributed by atoms with Crippen LogP contribution < -0.4 is 5.32 Å². The minimum absolute atomic E-state index is 0.152. The van der Waals surface area contributed by atoms with Crippen LogP contribution in [0.3, 0.4) is 0 Å². The van der Waals surface area contributed by atoms with Gasteiger partial charge in [-0.25, -0.2) is 9.18 Å². The summed E-state index contributed by atoms with van der Waals surface area (Å²) in [5, 5.41) is 2.15. The number of carbonyl (C=O) groups excluding carboxylic acids is 2. The maximum atomic E-state index is 14.0. The van der Waals surface area contributed by atoms with Crippen LogP contribution in [0.15, 0.2) is 41.0 Å². The highest BCUT2D eigenvalue weighted by Gasteiger charge is 2.35. The van der Waals surface area contributed by atoms with Gasteiger partial charge in [0.1, 0.15) is 0 Å². The van der Waals surface area contributed by atoms with Crippen molar-refractivity contribution >= 4 is 17.6 Å². The summed E-state index contributed by atoms with van der Waals surface area (Å²) < 4.78 is 57.3. The van der Waals surface area contributed by atoms with E-state index in [0.29, 0.717) is 6.07 Å². The van der Waals surface area contributed by atoms with Crippen molar-refractivity contribution in [2.24, 2.45) is 0 Å². The van der Waals surface area contributed by atoms with Gasteiger partial charge in [-0.05, 0) is 24.3 Å². The van der Waals surface area contributed by atoms with Crippen LogP contribution in [-0.2, 0) is 6.18 Å². The molecule has 3 amide bonds. The quantitative estimate of drug-likeness (QED) is 0.806. The number of hydrogen-bond donors (Lipinski definition) is 1. The lowest BCUT2D eigenvalue weighted by molar-refractivity contribution is -0.139. The third-order valence-electron chi connectivity index (χ3n) is 4.13. The Bertz CT molecular complexity index is 828. The first kappa shape index (κ1) is 18.7. The zero-order valence-corrected chi connectivity index (χ0v) is 13.9. The highest BCUT2D eigenvalue weighted by atomic mass is 19.4. The molecule has 0 spiro atoms. The Balaban J connectivity index is 1.61. The first-order chi connectivity index (χ1) is 12.8. The Morgan fingerprint density at radius 3 is 2.26 bits per heavy atom. The number of benzene rings is 1. The van der Waals surface area contributed by atoms with Gasteiger partial charge in [0, 0.05) is 26.2 Å². The molecule has 1 aromatic heterocycles. The zero-order valence-electron chi connectivity index (χ0n) is 13.9. The summed E-state index contributed by atoms with van der Waals surface area (Å²) in [7, 11) is 0. The molecule has 10 heteroatoms. The lowest BCUT2D eigenvalue weighted by atomic mass is 10.1. The first-order valence-corrected chi connectivity index (χ1v) is 8.02. The normalized spacial score (nSPS) is 15.0. The molecule has 1 aliphatic heterocycles. The van der Waals surface area contributed by atoms with Crippen LogP contribution in [0.4, 0.5) is 28.0 Å². The van der Waals surface area contributed by atoms with Crippen molar-refractivity contribution in [2.75, 3.05) is 31.5 Å². The topological polar surface area (TPSA) is 65.8 Å². The van der Waals surface area contributed by atoms with Gasteiger partial charge in [-0.1, -0.05) is 6.07 Å². The standard InChI is InChI=1S/C17H15F4N3O3/c18-14-11(17(19,20)21)3-1-4-12(14)22-16(26)24-8-6-23(7-9-24)15(25)13-5-2-10-27-13/h1-5,10H,6-9H2,(H,22,26). The number of urea groups is 1. The average Bonchev–Trinajstić information content (AvgIpc) is 3.16. The van der Waals surface area contributed by atoms with E-state index in [9.17, 15) is 27.2 Å². The highest BCUT2D eigenvalue weighted by molar-refractivity contribution is 5.92. The molecule has 144 valence electrons. The van der Waals surface area contributed by atoms with Gasteiger partial charge in [0.25, 0.3) is 5.91 Å². The molecule has 0 radical (unpaired) electrons. The molecule has 2 heterocycles. The van der Waals surface area contributed by atoms with Gasteiger partial charge in [0.15, 0.2) is 11.6 Å². The Morgan fingerprint density at radius 2 is 1.67 bits per heavy atom. The first-order valence-electron chi connectivity index (χ1n) is 8.02. The van der Waals surface area contributed by atoms with Crippen molar-refractivity contribution in [2.45, 2.75) is 6.18 Å². The van der Waals surface area contributed by atoms with E-state index < -0.39 is 29.3 Å². The van der Waals surface area contributed by atoms with Crippen LogP contribution in [0.2, 0.25) is 0 Å². The van der Waals surface area contributed by atoms with E-state index in [0.717, 1.165) is 12.1 Å². The summed E-state index contributed by atoms with van der Waals surface area (Å²) in [6.45, 7) is 0.744. The summed E-state index contributed by atoms with van der Waals surface area (Å²) in [6, 6.07) is 5.04. The molecule has 0 saturated carbocycles. The molecule has 1 aromatic carbocycles. The average molecular weight is 385 g/mol.